The highest BCUT2D eigenvalue weighted by atomic mass is 16.6. The Morgan fingerprint density at radius 1 is 1.07 bits per heavy atom. The van der Waals surface area contributed by atoms with Gasteiger partial charge in [0.25, 0.3) is 0 Å². The molecule has 0 aromatic heterocycles. The molecule has 5 nitrogen and oxygen atoms in total. The van der Waals surface area contributed by atoms with Crippen molar-refractivity contribution in [1.29, 1.82) is 0 Å². The van der Waals surface area contributed by atoms with Gasteiger partial charge in [0.2, 0.25) is 0 Å². The number of carboxylic acids is 1. The normalized spacial score (nSPS) is 25.3. The second-order valence-corrected chi connectivity index (χ2v) is 7.88. The fourth-order valence-electron chi connectivity index (χ4n) is 5.02. The highest BCUT2D eigenvalue weighted by Crippen LogP contribution is 2.52. The Balaban J connectivity index is 1.32. The number of carbonyl (C=O) groups excluding carboxylic acids is 1. The molecule has 0 bridgehead atoms. The van der Waals surface area contributed by atoms with Gasteiger partial charge >= 0.3 is 12.1 Å². The molecule has 138 valence electrons. The fraction of sp³-hybridized carbons (Fsp3) is 0.364. The van der Waals surface area contributed by atoms with Crippen LogP contribution in [0.3, 0.4) is 0 Å². The molecule has 2 atom stereocenters. The van der Waals surface area contributed by atoms with Crippen molar-refractivity contribution >= 4 is 12.1 Å². The summed E-state index contributed by atoms with van der Waals surface area (Å²) in [5, 5.41) is 9.54. The van der Waals surface area contributed by atoms with E-state index in [1.165, 1.54) is 22.3 Å². The monoisotopic (exact) mass is 363 g/mol. The lowest BCUT2D eigenvalue weighted by molar-refractivity contribution is -0.156. The number of likely N-dealkylation sites (tertiary alicyclic amines) is 1. The van der Waals surface area contributed by atoms with E-state index in [0.717, 1.165) is 6.42 Å². The average molecular weight is 363 g/mol. The second-order valence-electron chi connectivity index (χ2n) is 7.88. The van der Waals surface area contributed by atoms with E-state index in [4.69, 9.17) is 4.74 Å². The molecule has 1 aliphatic heterocycles. The van der Waals surface area contributed by atoms with Gasteiger partial charge in [0.05, 0.1) is 5.41 Å². The SMILES string of the molecule is O=C(OCC1c2ccccc2-c2ccccc21)N1CC2CCC2(C(=O)O)C1. The van der Waals surface area contributed by atoms with Gasteiger partial charge in [0.1, 0.15) is 6.61 Å². The van der Waals surface area contributed by atoms with Crippen molar-refractivity contribution in [3.05, 3.63) is 59.7 Å². The predicted octanol–water partition coefficient (Wildman–Crippen LogP) is 3.73. The molecule has 27 heavy (non-hydrogen) atoms. The summed E-state index contributed by atoms with van der Waals surface area (Å²) in [6, 6.07) is 16.4. The summed E-state index contributed by atoms with van der Waals surface area (Å²) in [6.45, 7) is 1.03. The smallest absolute Gasteiger partial charge is 0.409 e. The number of carbonyl (C=O) groups is 2. The molecule has 3 aliphatic rings. The molecule has 0 radical (unpaired) electrons. The van der Waals surface area contributed by atoms with Gasteiger partial charge in [-0.15, -0.1) is 0 Å². The first-order valence-corrected chi connectivity index (χ1v) is 9.43. The molecule has 2 fully saturated rings. The lowest BCUT2D eigenvalue weighted by atomic mass is 9.62. The third kappa shape index (κ3) is 2.30. The van der Waals surface area contributed by atoms with Crippen molar-refractivity contribution in [3.8, 4) is 11.1 Å². The van der Waals surface area contributed by atoms with Crippen LogP contribution in [0.5, 0.6) is 0 Å². The van der Waals surface area contributed by atoms with Crippen molar-refractivity contribution in [1.82, 2.24) is 4.90 Å². The molecule has 2 aromatic rings. The van der Waals surface area contributed by atoms with E-state index in [1.54, 1.807) is 4.90 Å². The van der Waals surface area contributed by atoms with Crippen molar-refractivity contribution in [2.75, 3.05) is 19.7 Å². The van der Waals surface area contributed by atoms with Gasteiger partial charge in [-0.3, -0.25) is 4.79 Å². The predicted molar refractivity (Wildman–Crippen MR) is 99.4 cm³/mol. The minimum absolute atomic E-state index is 0.0223. The minimum Gasteiger partial charge on any atom is -0.481 e. The topological polar surface area (TPSA) is 66.8 Å². The van der Waals surface area contributed by atoms with Crippen LogP contribution in [0.4, 0.5) is 4.79 Å². The van der Waals surface area contributed by atoms with E-state index >= 15 is 0 Å². The van der Waals surface area contributed by atoms with E-state index in [1.807, 2.05) is 24.3 Å². The zero-order valence-corrected chi connectivity index (χ0v) is 14.9. The summed E-state index contributed by atoms with van der Waals surface area (Å²) >= 11 is 0. The Labute approximate surface area is 157 Å². The summed E-state index contributed by atoms with van der Waals surface area (Å²) in [5.41, 5.74) is 3.99. The number of aliphatic carboxylic acids is 1. The van der Waals surface area contributed by atoms with Crippen LogP contribution in [0.1, 0.15) is 29.9 Å². The fourth-order valence-corrected chi connectivity index (χ4v) is 5.02. The van der Waals surface area contributed by atoms with Gasteiger partial charge in [-0.05, 0) is 41.0 Å². The van der Waals surface area contributed by atoms with Crippen LogP contribution >= 0.6 is 0 Å². The lowest BCUT2D eigenvalue weighted by Crippen LogP contribution is -2.46. The highest BCUT2D eigenvalue weighted by molar-refractivity contribution is 5.80. The van der Waals surface area contributed by atoms with E-state index in [2.05, 4.69) is 24.3 Å². The maximum absolute atomic E-state index is 12.6. The number of rotatable bonds is 3. The third-order valence-electron chi connectivity index (χ3n) is 6.65. The van der Waals surface area contributed by atoms with Gasteiger partial charge in [-0.25, -0.2) is 4.79 Å². The first kappa shape index (κ1) is 16.4. The molecule has 2 unspecified atom stereocenters. The number of hydrogen-bond donors (Lipinski definition) is 1. The van der Waals surface area contributed by atoms with Crippen LogP contribution in [0.15, 0.2) is 48.5 Å². The Hall–Kier alpha value is -2.82. The van der Waals surface area contributed by atoms with Gasteiger partial charge in [0.15, 0.2) is 0 Å². The largest absolute Gasteiger partial charge is 0.481 e. The van der Waals surface area contributed by atoms with Gasteiger partial charge in [0, 0.05) is 19.0 Å². The maximum Gasteiger partial charge on any atom is 0.409 e. The molecule has 2 aromatic carbocycles. The van der Waals surface area contributed by atoms with Gasteiger partial charge < -0.3 is 14.7 Å². The van der Waals surface area contributed by atoms with Crippen molar-refractivity contribution in [3.63, 3.8) is 0 Å². The summed E-state index contributed by atoms with van der Waals surface area (Å²) in [5.74, 6) is -0.697. The summed E-state index contributed by atoms with van der Waals surface area (Å²) < 4.78 is 5.67. The number of fused-ring (bicyclic) bond motifs is 4. The Morgan fingerprint density at radius 2 is 1.70 bits per heavy atom. The van der Waals surface area contributed by atoms with Crippen LogP contribution in [0.25, 0.3) is 11.1 Å². The molecule has 5 rings (SSSR count). The van der Waals surface area contributed by atoms with Crippen LogP contribution in [0.2, 0.25) is 0 Å². The Kier molecular flexibility index (Phi) is 3.54. The number of benzene rings is 2. The van der Waals surface area contributed by atoms with E-state index < -0.39 is 17.5 Å². The molecule has 1 heterocycles. The Bertz CT molecular complexity index is 894. The maximum atomic E-state index is 12.6. The molecular weight excluding hydrogens is 342 g/mol. The molecule has 1 saturated heterocycles. The van der Waals surface area contributed by atoms with Crippen molar-refractivity contribution < 1.29 is 19.4 Å². The molecule has 5 heteroatoms. The van der Waals surface area contributed by atoms with Crippen LogP contribution in [-0.4, -0.2) is 41.8 Å². The van der Waals surface area contributed by atoms with E-state index in [9.17, 15) is 14.7 Å². The van der Waals surface area contributed by atoms with Crippen molar-refractivity contribution in [2.45, 2.75) is 18.8 Å². The molecule has 1 saturated carbocycles. The van der Waals surface area contributed by atoms with E-state index in [0.29, 0.717) is 13.0 Å². The minimum atomic E-state index is -0.785. The number of amides is 1. The first-order valence-electron chi connectivity index (χ1n) is 9.43. The zero-order chi connectivity index (χ0) is 18.6. The van der Waals surface area contributed by atoms with Crippen molar-refractivity contribution in [2.24, 2.45) is 11.3 Å². The van der Waals surface area contributed by atoms with Gasteiger partial charge in [-0.2, -0.15) is 0 Å². The highest BCUT2D eigenvalue weighted by Gasteiger charge is 2.59. The van der Waals surface area contributed by atoms with Crippen LogP contribution in [-0.2, 0) is 9.53 Å². The standard InChI is InChI=1S/C22H21NO4/c24-20(25)22-10-9-14(22)11-23(13-22)21(26)27-12-19-17-7-3-1-5-15(17)16-6-2-4-8-18(16)19/h1-8,14,19H,9-13H2,(H,24,25). The number of hydrogen-bond acceptors (Lipinski definition) is 3. The summed E-state index contributed by atoms with van der Waals surface area (Å²) in [6.07, 6.45) is 1.13. The number of carboxylic acid groups (broad SMARTS) is 1. The Morgan fingerprint density at radius 3 is 2.22 bits per heavy atom. The first-order chi connectivity index (χ1) is 13.1. The van der Waals surface area contributed by atoms with Crippen LogP contribution < -0.4 is 0 Å². The average Bonchev–Trinajstić information content (AvgIpc) is 3.13. The summed E-state index contributed by atoms with van der Waals surface area (Å²) in [7, 11) is 0. The second kappa shape index (κ2) is 5.84. The third-order valence-corrected chi connectivity index (χ3v) is 6.65. The number of ether oxygens (including phenoxy) is 1. The van der Waals surface area contributed by atoms with Crippen LogP contribution in [0, 0.1) is 11.3 Å². The molecule has 1 amide bonds. The van der Waals surface area contributed by atoms with Gasteiger partial charge in [-0.1, -0.05) is 48.5 Å². The molecular formula is C22H21NO4. The van der Waals surface area contributed by atoms with E-state index in [-0.39, 0.29) is 25.0 Å². The quantitative estimate of drug-likeness (QED) is 0.902. The number of nitrogens with zero attached hydrogens (tertiary/aromatic N) is 1. The molecule has 2 aliphatic carbocycles. The zero-order valence-electron chi connectivity index (χ0n) is 14.9. The summed E-state index contributed by atoms with van der Waals surface area (Å²) in [4.78, 5) is 25.8. The lowest BCUT2D eigenvalue weighted by Gasteiger charge is -2.39. The molecule has 0 spiro atoms. The molecule has 1 N–H and O–H groups in total.